The number of amides is 2. The second kappa shape index (κ2) is 8.91. The van der Waals surface area contributed by atoms with Crippen LogP contribution < -0.4 is 10.6 Å². The topological polar surface area (TPSA) is 67.4 Å². The molecule has 0 aromatic carbocycles. The Morgan fingerprint density at radius 3 is 2.44 bits per heavy atom. The zero-order valence-corrected chi connectivity index (χ0v) is 11.2. The summed E-state index contributed by atoms with van der Waals surface area (Å²) in [4.78, 5) is 23.0. The van der Waals surface area contributed by atoms with Crippen LogP contribution >= 0.6 is 0 Å². The molecule has 1 aliphatic carbocycles. The van der Waals surface area contributed by atoms with Crippen molar-refractivity contribution in [2.24, 2.45) is 0 Å². The molecule has 5 heteroatoms. The van der Waals surface area contributed by atoms with Crippen LogP contribution in [0.5, 0.6) is 0 Å². The maximum absolute atomic E-state index is 11.6. The standard InChI is InChI=1S/C13H24N2O3/c1-18-10-9-14-12(16)7-8-13(17)15-11-5-3-2-4-6-11/h11H,2-10H2,1H3,(H,14,16)(H,15,17). The number of rotatable bonds is 7. The van der Waals surface area contributed by atoms with Gasteiger partial charge in [-0.05, 0) is 12.8 Å². The highest BCUT2D eigenvalue weighted by Crippen LogP contribution is 2.17. The summed E-state index contributed by atoms with van der Waals surface area (Å²) >= 11 is 0. The summed E-state index contributed by atoms with van der Waals surface area (Å²) in [7, 11) is 1.59. The van der Waals surface area contributed by atoms with E-state index in [9.17, 15) is 9.59 Å². The van der Waals surface area contributed by atoms with E-state index in [1.54, 1.807) is 7.11 Å². The second-order valence-corrected chi connectivity index (χ2v) is 4.75. The van der Waals surface area contributed by atoms with Gasteiger partial charge in [0.15, 0.2) is 0 Å². The van der Waals surface area contributed by atoms with E-state index in [4.69, 9.17) is 4.74 Å². The van der Waals surface area contributed by atoms with Gasteiger partial charge >= 0.3 is 0 Å². The second-order valence-electron chi connectivity index (χ2n) is 4.75. The fraction of sp³-hybridized carbons (Fsp3) is 0.846. The third-order valence-corrected chi connectivity index (χ3v) is 3.18. The van der Waals surface area contributed by atoms with Gasteiger partial charge in [0.05, 0.1) is 6.61 Å². The van der Waals surface area contributed by atoms with E-state index < -0.39 is 0 Å². The van der Waals surface area contributed by atoms with Gasteiger partial charge in [-0.3, -0.25) is 9.59 Å². The van der Waals surface area contributed by atoms with Crippen molar-refractivity contribution in [3.05, 3.63) is 0 Å². The molecule has 0 aromatic heterocycles. The predicted octanol–water partition coefficient (Wildman–Crippen LogP) is 0.978. The molecule has 2 N–H and O–H groups in total. The van der Waals surface area contributed by atoms with E-state index in [1.165, 1.54) is 19.3 Å². The van der Waals surface area contributed by atoms with Gasteiger partial charge in [0, 0.05) is 32.5 Å². The molecular formula is C13H24N2O3. The van der Waals surface area contributed by atoms with E-state index in [-0.39, 0.29) is 24.7 Å². The van der Waals surface area contributed by atoms with E-state index >= 15 is 0 Å². The van der Waals surface area contributed by atoms with Crippen molar-refractivity contribution >= 4 is 11.8 Å². The maximum Gasteiger partial charge on any atom is 0.220 e. The minimum Gasteiger partial charge on any atom is -0.383 e. The van der Waals surface area contributed by atoms with Crippen LogP contribution in [0.4, 0.5) is 0 Å². The molecule has 5 nitrogen and oxygen atoms in total. The van der Waals surface area contributed by atoms with Gasteiger partial charge in [-0.25, -0.2) is 0 Å². The molecular weight excluding hydrogens is 232 g/mol. The highest BCUT2D eigenvalue weighted by atomic mass is 16.5. The average Bonchev–Trinajstić information content (AvgIpc) is 2.38. The Labute approximate surface area is 109 Å². The quantitative estimate of drug-likeness (QED) is 0.667. The Hall–Kier alpha value is -1.10. The molecule has 0 radical (unpaired) electrons. The van der Waals surface area contributed by atoms with Crippen LogP contribution in [0.15, 0.2) is 0 Å². The first-order valence-electron chi connectivity index (χ1n) is 6.77. The predicted molar refractivity (Wildman–Crippen MR) is 69.1 cm³/mol. The van der Waals surface area contributed by atoms with Crippen molar-refractivity contribution in [2.45, 2.75) is 51.0 Å². The van der Waals surface area contributed by atoms with E-state index in [1.807, 2.05) is 0 Å². The number of ether oxygens (including phenoxy) is 1. The molecule has 18 heavy (non-hydrogen) atoms. The monoisotopic (exact) mass is 256 g/mol. The van der Waals surface area contributed by atoms with Gasteiger partial charge in [-0.1, -0.05) is 19.3 Å². The summed E-state index contributed by atoms with van der Waals surface area (Å²) in [6.45, 7) is 1.000. The fourth-order valence-electron chi connectivity index (χ4n) is 2.15. The third-order valence-electron chi connectivity index (χ3n) is 3.18. The summed E-state index contributed by atoms with van der Waals surface area (Å²) < 4.78 is 4.82. The van der Waals surface area contributed by atoms with Crippen molar-refractivity contribution in [1.29, 1.82) is 0 Å². The van der Waals surface area contributed by atoms with E-state index in [2.05, 4.69) is 10.6 Å². The molecule has 0 spiro atoms. The minimum absolute atomic E-state index is 0.0104. The molecule has 104 valence electrons. The summed E-state index contributed by atoms with van der Waals surface area (Å²) in [5.41, 5.74) is 0. The van der Waals surface area contributed by atoms with Crippen LogP contribution in [0, 0.1) is 0 Å². The van der Waals surface area contributed by atoms with Gasteiger partial charge in [-0.2, -0.15) is 0 Å². The van der Waals surface area contributed by atoms with Crippen LogP contribution in [0.1, 0.15) is 44.9 Å². The van der Waals surface area contributed by atoms with Crippen molar-refractivity contribution in [3.8, 4) is 0 Å². The molecule has 1 aliphatic rings. The lowest BCUT2D eigenvalue weighted by Crippen LogP contribution is -2.37. The molecule has 0 unspecified atom stereocenters. The number of carbonyl (C=O) groups is 2. The van der Waals surface area contributed by atoms with Crippen LogP contribution in [-0.4, -0.2) is 38.1 Å². The van der Waals surface area contributed by atoms with Crippen LogP contribution in [0.25, 0.3) is 0 Å². The average molecular weight is 256 g/mol. The molecule has 1 fully saturated rings. The van der Waals surface area contributed by atoms with Gasteiger partial charge < -0.3 is 15.4 Å². The molecule has 0 aliphatic heterocycles. The Balaban J connectivity index is 2.06. The van der Waals surface area contributed by atoms with E-state index in [0.717, 1.165) is 12.8 Å². The highest BCUT2D eigenvalue weighted by molar-refractivity contribution is 5.83. The van der Waals surface area contributed by atoms with Crippen molar-refractivity contribution in [2.75, 3.05) is 20.3 Å². The molecule has 2 amide bonds. The van der Waals surface area contributed by atoms with Gasteiger partial charge in [0.25, 0.3) is 0 Å². The number of nitrogens with one attached hydrogen (secondary N) is 2. The van der Waals surface area contributed by atoms with Gasteiger partial charge in [0.1, 0.15) is 0 Å². The smallest absolute Gasteiger partial charge is 0.220 e. The lowest BCUT2D eigenvalue weighted by atomic mass is 9.95. The number of hydrogen-bond acceptors (Lipinski definition) is 3. The minimum atomic E-state index is -0.0918. The molecule has 1 saturated carbocycles. The molecule has 1 rings (SSSR count). The zero-order chi connectivity index (χ0) is 13.2. The Morgan fingerprint density at radius 2 is 1.78 bits per heavy atom. The molecule has 0 saturated heterocycles. The Bertz CT molecular complexity index is 263. The van der Waals surface area contributed by atoms with Gasteiger partial charge in [-0.15, -0.1) is 0 Å². The number of carbonyl (C=O) groups excluding carboxylic acids is 2. The van der Waals surface area contributed by atoms with Crippen molar-refractivity contribution < 1.29 is 14.3 Å². The first-order valence-corrected chi connectivity index (χ1v) is 6.77. The SMILES string of the molecule is COCCNC(=O)CCC(=O)NC1CCCCC1. The summed E-state index contributed by atoms with van der Waals surface area (Å²) in [5, 5.41) is 5.70. The number of hydrogen-bond donors (Lipinski definition) is 2. The number of methoxy groups -OCH3 is 1. The fourth-order valence-corrected chi connectivity index (χ4v) is 2.15. The molecule has 0 heterocycles. The van der Waals surface area contributed by atoms with Crippen molar-refractivity contribution in [3.63, 3.8) is 0 Å². The lowest BCUT2D eigenvalue weighted by Gasteiger charge is -2.22. The zero-order valence-electron chi connectivity index (χ0n) is 11.2. The van der Waals surface area contributed by atoms with Crippen LogP contribution in [0.2, 0.25) is 0 Å². The summed E-state index contributed by atoms with van der Waals surface area (Å²) in [5.74, 6) is -0.102. The maximum atomic E-state index is 11.6. The summed E-state index contributed by atoms with van der Waals surface area (Å²) in [6, 6.07) is 0.322. The third kappa shape index (κ3) is 6.59. The molecule has 0 aromatic rings. The molecule has 0 atom stereocenters. The first-order chi connectivity index (χ1) is 8.72. The lowest BCUT2D eigenvalue weighted by molar-refractivity contribution is -0.127. The van der Waals surface area contributed by atoms with Crippen LogP contribution in [0.3, 0.4) is 0 Å². The normalized spacial score (nSPS) is 16.3. The van der Waals surface area contributed by atoms with Gasteiger partial charge in [0.2, 0.25) is 11.8 Å². The first kappa shape index (κ1) is 15.0. The largest absolute Gasteiger partial charge is 0.383 e. The summed E-state index contributed by atoms with van der Waals surface area (Å²) in [6.07, 6.45) is 6.34. The Kier molecular flexibility index (Phi) is 7.41. The molecule has 0 bridgehead atoms. The van der Waals surface area contributed by atoms with Crippen molar-refractivity contribution in [1.82, 2.24) is 10.6 Å². The highest BCUT2D eigenvalue weighted by Gasteiger charge is 2.15. The Morgan fingerprint density at radius 1 is 1.11 bits per heavy atom. The van der Waals surface area contributed by atoms with E-state index in [0.29, 0.717) is 19.2 Å². The van der Waals surface area contributed by atoms with Crippen LogP contribution in [-0.2, 0) is 14.3 Å².